The first-order valence-electron chi connectivity index (χ1n) is 8.81. The minimum Gasteiger partial charge on any atom is -0.507 e. The number of hydrogen-bond donors (Lipinski definition) is 2. The van der Waals surface area contributed by atoms with Gasteiger partial charge >= 0.3 is 0 Å². The molecule has 0 heterocycles. The molecule has 0 saturated carbocycles. The van der Waals surface area contributed by atoms with Gasteiger partial charge in [0, 0.05) is 21.1 Å². The molecule has 7 nitrogen and oxygen atoms in total. The van der Waals surface area contributed by atoms with Crippen molar-refractivity contribution in [3.63, 3.8) is 0 Å². The van der Waals surface area contributed by atoms with E-state index in [-0.39, 0.29) is 18.1 Å². The first-order chi connectivity index (χ1) is 14.9. The zero-order chi connectivity index (χ0) is 22.2. The molecule has 3 aromatic rings. The number of hydrazone groups is 1. The summed E-state index contributed by atoms with van der Waals surface area (Å²) >= 11 is 15.2. The summed E-state index contributed by atoms with van der Waals surface area (Å²) in [6.45, 7) is -0.315. The van der Waals surface area contributed by atoms with Crippen molar-refractivity contribution in [3.8, 4) is 11.5 Å². The summed E-state index contributed by atoms with van der Waals surface area (Å²) in [5, 5.41) is 22.9. The molecule has 0 aliphatic heterocycles. The van der Waals surface area contributed by atoms with E-state index >= 15 is 0 Å². The average molecular weight is 522 g/mol. The highest BCUT2D eigenvalue weighted by molar-refractivity contribution is 9.10. The van der Waals surface area contributed by atoms with E-state index in [9.17, 15) is 9.90 Å². The van der Waals surface area contributed by atoms with E-state index in [4.69, 9.17) is 27.9 Å². The second-order valence-electron chi connectivity index (χ2n) is 6.08. The summed E-state index contributed by atoms with van der Waals surface area (Å²) in [5.74, 6) is -0.256. The molecule has 10 heteroatoms. The fourth-order valence-electron chi connectivity index (χ4n) is 2.30. The number of ether oxygens (including phenoxy) is 1. The normalized spacial score (nSPS) is 11.2. The second kappa shape index (κ2) is 10.9. The third-order valence-electron chi connectivity index (χ3n) is 3.75. The van der Waals surface area contributed by atoms with Crippen LogP contribution in [0.2, 0.25) is 10.0 Å². The minimum atomic E-state index is -0.516. The van der Waals surface area contributed by atoms with E-state index in [2.05, 4.69) is 36.7 Å². The third-order valence-corrected chi connectivity index (χ3v) is 4.79. The Labute approximate surface area is 196 Å². The SMILES string of the molecule is O=C(COc1cc(Cl)ccc1Cl)NN=Cc1cc(N=Nc2cccc(Br)c2)ccc1O. The number of nitrogens with one attached hydrogen (secondary N) is 1. The monoisotopic (exact) mass is 520 g/mol. The van der Waals surface area contributed by atoms with Gasteiger partial charge in [0.1, 0.15) is 11.5 Å². The number of carbonyl (C=O) groups is 1. The van der Waals surface area contributed by atoms with Gasteiger partial charge in [0.2, 0.25) is 0 Å². The lowest BCUT2D eigenvalue weighted by molar-refractivity contribution is -0.123. The van der Waals surface area contributed by atoms with Crippen LogP contribution < -0.4 is 10.2 Å². The third kappa shape index (κ3) is 7.06. The summed E-state index contributed by atoms with van der Waals surface area (Å²) in [6, 6.07) is 16.7. The van der Waals surface area contributed by atoms with Gasteiger partial charge in [-0.3, -0.25) is 4.79 Å². The van der Waals surface area contributed by atoms with Crippen molar-refractivity contribution in [1.82, 2.24) is 5.43 Å². The number of nitrogens with zero attached hydrogens (tertiary/aromatic N) is 3. The van der Waals surface area contributed by atoms with Crippen LogP contribution in [0.4, 0.5) is 11.4 Å². The Morgan fingerprint density at radius 3 is 2.61 bits per heavy atom. The van der Waals surface area contributed by atoms with Gasteiger partial charge in [0.25, 0.3) is 5.91 Å². The molecule has 0 aliphatic carbocycles. The standard InChI is InChI=1S/C21H15BrCl2N4O3/c22-14-2-1-3-16(9-14)26-27-17-5-7-19(29)13(8-17)11-25-28-21(30)12-31-20-10-15(23)4-6-18(20)24/h1-11,29H,12H2,(H,28,30). The lowest BCUT2D eigenvalue weighted by Gasteiger charge is -2.07. The molecule has 0 atom stereocenters. The van der Waals surface area contributed by atoms with E-state index in [1.807, 2.05) is 24.3 Å². The van der Waals surface area contributed by atoms with E-state index in [1.54, 1.807) is 24.3 Å². The molecular formula is C21H15BrCl2N4O3. The molecule has 158 valence electrons. The van der Waals surface area contributed by atoms with Crippen molar-refractivity contribution in [2.45, 2.75) is 0 Å². The molecule has 0 unspecified atom stereocenters. The minimum absolute atomic E-state index is 0.0265. The highest BCUT2D eigenvalue weighted by Crippen LogP contribution is 2.28. The van der Waals surface area contributed by atoms with Gasteiger partial charge < -0.3 is 9.84 Å². The summed E-state index contributed by atoms with van der Waals surface area (Å²) in [4.78, 5) is 11.9. The molecular weight excluding hydrogens is 507 g/mol. The lowest BCUT2D eigenvalue weighted by Crippen LogP contribution is -2.24. The number of azo groups is 1. The molecule has 0 aliphatic rings. The van der Waals surface area contributed by atoms with Crippen LogP contribution >= 0.6 is 39.1 Å². The quantitative estimate of drug-likeness (QED) is 0.214. The van der Waals surface area contributed by atoms with Gasteiger partial charge in [-0.25, -0.2) is 5.43 Å². The summed E-state index contributed by atoms with van der Waals surface area (Å²) in [6.07, 6.45) is 1.29. The molecule has 2 N–H and O–H groups in total. The van der Waals surface area contributed by atoms with Crippen LogP contribution in [0.3, 0.4) is 0 Å². The topological polar surface area (TPSA) is 95.6 Å². The number of carbonyl (C=O) groups excluding carboxylic acids is 1. The Hall–Kier alpha value is -2.94. The van der Waals surface area contributed by atoms with Gasteiger partial charge in [-0.1, -0.05) is 45.2 Å². The summed E-state index contributed by atoms with van der Waals surface area (Å²) < 4.78 is 6.21. The average Bonchev–Trinajstić information content (AvgIpc) is 2.75. The number of hydrogen-bond acceptors (Lipinski definition) is 6. The van der Waals surface area contributed by atoms with Crippen molar-refractivity contribution >= 4 is 62.6 Å². The second-order valence-corrected chi connectivity index (χ2v) is 7.84. The maximum Gasteiger partial charge on any atom is 0.277 e. The van der Waals surface area contributed by atoms with Crippen LogP contribution in [0.25, 0.3) is 0 Å². The number of aromatic hydroxyl groups is 1. The van der Waals surface area contributed by atoms with Crippen molar-refractivity contribution in [3.05, 3.63) is 80.7 Å². The first-order valence-corrected chi connectivity index (χ1v) is 10.4. The molecule has 1 amide bonds. The maximum atomic E-state index is 11.9. The van der Waals surface area contributed by atoms with Crippen molar-refractivity contribution in [2.75, 3.05) is 6.61 Å². The molecule has 0 radical (unpaired) electrons. The number of phenolic OH excluding ortho intramolecular Hbond substituents is 1. The van der Waals surface area contributed by atoms with Crippen LogP contribution in [0, 0.1) is 0 Å². The maximum absolute atomic E-state index is 11.9. The molecule has 0 aromatic heterocycles. The van der Waals surface area contributed by atoms with Gasteiger partial charge in [0.15, 0.2) is 6.61 Å². The highest BCUT2D eigenvalue weighted by Gasteiger charge is 2.06. The highest BCUT2D eigenvalue weighted by atomic mass is 79.9. The van der Waals surface area contributed by atoms with Crippen LogP contribution in [0.1, 0.15) is 5.56 Å². The predicted octanol–water partition coefficient (Wildman–Crippen LogP) is 6.41. The van der Waals surface area contributed by atoms with Gasteiger partial charge in [-0.05, 0) is 48.5 Å². The first kappa shape index (κ1) is 22.7. The van der Waals surface area contributed by atoms with Crippen LogP contribution in [0.5, 0.6) is 11.5 Å². The number of halogens is 3. The Kier molecular flexibility index (Phi) is 8.00. The fourth-order valence-corrected chi connectivity index (χ4v) is 3.02. The number of amides is 1. The van der Waals surface area contributed by atoms with E-state index < -0.39 is 5.91 Å². The predicted molar refractivity (Wildman–Crippen MR) is 124 cm³/mol. The summed E-state index contributed by atoms with van der Waals surface area (Å²) in [5.41, 5.74) is 3.83. The molecule has 0 spiro atoms. The van der Waals surface area contributed by atoms with Crippen LogP contribution in [0.15, 0.2) is 80.5 Å². The van der Waals surface area contributed by atoms with E-state index in [0.717, 1.165) is 4.47 Å². The van der Waals surface area contributed by atoms with Crippen molar-refractivity contribution in [1.29, 1.82) is 0 Å². The molecule has 31 heavy (non-hydrogen) atoms. The number of phenols is 1. The Bertz CT molecular complexity index is 1160. The van der Waals surface area contributed by atoms with Gasteiger partial charge in [0.05, 0.1) is 22.6 Å². The zero-order valence-corrected chi connectivity index (χ0v) is 18.9. The molecule has 0 bridgehead atoms. The van der Waals surface area contributed by atoms with Crippen LogP contribution in [-0.4, -0.2) is 23.8 Å². The zero-order valence-electron chi connectivity index (χ0n) is 15.8. The van der Waals surface area contributed by atoms with Gasteiger partial charge in [-0.15, -0.1) is 0 Å². The lowest BCUT2D eigenvalue weighted by atomic mass is 10.2. The Balaban J connectivity index is 1.59. The van der Waals surface area contributed by atoms with E-state index in [0.29, 0.717) is 27.0 Å². The number of rotatable bonds is 7. The van der Waals surface area contributed by atoms with Gasteiger partial charge in [-0.2, -0.15) is 15.3 Å². The molecule has 0 fully saturated rings. The fraction of sp³-hybridized carbons (Fsp3) is 0.0476. The Morgan fingerprint density at radius 2 is 1.84 bits per heavy atom. The Morgan fingerprint density at radius 1 is 1.06 bits per heavy atom. The summed E-state index contributed by atoms with van der Waals surface area (Å²) in [7, 11) is 0. The van der Waals surface area contributed by atoms with Crippen molar-refractivity contribution < 1.29 is 14.6 Å². The number of benzene rings is 3. The van der Waals surface area contributed by atoms with Crippen molar-refractivity contribution in [2.24, 2.45) is 15.3 Å². The molecule has 3 rings (SSSR count). The smallest absolute Gasteiger partial charge is 0.277 e. The molecule has 0 saturated heterocycles. The largest absolute Gasteiger partial charge is 0.507 e. The molecule has 3 aromatic carbocycles. The van der Waals surface area contributed by atoms with E-state index in [1.165, 1.54) is 18.3 Å². The van der Waals surface area contributed by atoms with Crippen LogP contribution in [-0.2, 0) is 4.79 Å².